The first kappa shape index (κ1) is 12.4. The Labute approximate surface area is 119 Å². The molecule has 0 radical (unpaired) electrons. The second-order valence-corrected chi connectivity index (χ2v) is 7.10. The number of carbonyl (C=O) groups is 1. The number of aliphatic carboxylic acids is 1. The second-order valence-electron chi connectivity index (χ2n) is 7.10. The third-order valence-electron chi connectivity index (χ3n) is 5.87. The monoisotopic (exact) mass is 271 g/mol. The molecule has 3 heteroatoms. The third kappa shape index (κ3) is 1.95. The van der Waals surface area contributed by atoms with Crippen LogP contribution in [0.5, 0.6) is 0 Å². The summed E-state index contributed by atoms with van der Waals surface area (Å²) in [5, 5.41) is 9.12. The van der Waals surface area contributed by atoms with Crippen LogP contribution in [0.25, 0.3) is 0 Å². The molecule has 0 saturated heterocycles. The molecule has 4 bridgehead atoms. The Kier molecular flexibility index (Phi) is 2.83. The van der Waals surface area contributed by atoms with Gasteiger partial charge in [-0.3, -0.25) is 9.78 Å². The molecular weight excluding hydrogens is 250 g/mol. The molecular formula is C17H21NO2. The Bertz CT molecular complexity index is 512. The fourth-order valence-corrected chi connectivity index (χ4v) is 5.49. The van der Waals surface area contributed by atoms with Gasteiger partial charge in [0.1, 0.15) is 0 Å². The van der Waals surface area contributed by atoms with Crippen molar-refractivity contribution in [1.29, 1.82) is 0 Å². The van der Waals surface area contributed by atoms with E-state index in [0.29, 0.717) is 5.92 Å². The molecule has 0 unspecified atom stereocenters. The minimum atomic E-state index is -0.735. The summed E-state index contributed by atoms with van der Waals surface area (Å²) in [5.74, 6) is 3.31. The first-order valence-corrected chi connectivity index (χ1v) is 7.85. The van der Waals surface area contributed by atoms with Crippen LogP contribution in [0.4, 0.5) is 0 Å². The van der Waals surface area contributed by atoms with E-state index in [1.807, 2.05) is 12.3 Å². The van der Waals surface area contributed by atoms with Gasteiger partial charge in [-0.25, -0.2) is 0 Å². The molecule has 0 spiro atoms. The number of carboxylic acids is 1. The van der Waals surface area contributed by atoms with E-state index >= 15 is 0 Å². The lowest BCUT2D eigenvalue weighted by Gasteiger charge is -2.54. The summed E-state index contributed by atoms with van der Waals surface area (Å²) in [6, 6.07) is 1.91. The van der Waals surface area contributed by atoms with Crippen molar-refractivity contribution in [2.24, 2.45) is 23.7 Å². The third-order valence-corrected chi connectivity index (χ3v) is 5.87. The molecule has 1 heterocycles. The molecule has 0 aromatic carbocycles. The summed E-state index contributed by atoms with van der Waals surface area (Å²) < 4.78 is 0. The summed E-state index contributed by atoms with van der Waals surface area (Å²) in [5.41, 5.74) is 2.23. The van der Waals surface area contributed by atoms with Crippen LogP contribution in [-0.4, -0.2) is 16.1 Å². The number of nitrogens with zero attached hydrogens (tertiary/aromatic N) is 1. The SMILES string of the molecule is O=C(O)Cc1ccncc1C1C2CC3CC(C2)CC1C3. The van der Waals surface area contributed by atoms with Crippen LogP contribution >= 0.6 is 0 Å². The van der Waals surface area contributed by atoms with Crippen LogP contribution < -0.4 is 0 Å². The fourth-order valence-electron chi connectivity index (χ4n) is 5.49. The minimum absolute atomic E-state index is 0.140. The van der Waals surface area contributed by atoms with Crippen LogP contribution in [-0.2, 0) is 11.2 Å². The van der Waals surface area contributed by atoms with Gasteiger partial charge in [0.25, 0.3) is 0 Å². The maximum Gasteiger partial charge on any atom is 0.307 e. The first-order chi connectivity index (χ1) is 9.70. The van der Waals surface area contributed by atoms with Gasteiger partial charge in [-0.2, -0.15) is 0 Å². The van der Waals surface area contributed by atoms with Gasteiger partial charge in [-0.1, -0.05) is 0 Å². The van der Waals surface area contributed by atoms with Crippen molar-refractivity contribution in [3.63, 3.8) is 0 Å². The quantitative estimate of drug-likeness (QED) is 0.918. The van der Waals surface area contributed by atoms with Gasteiger partial charge < -0.3 is 5.11 Å². The van der Waals surface area contributed by atoms with E-state index in [1.165, 1.54) is 37.7 Å². The summed E-state index contributed by atoms with van der Waals surface area (Å²) in [7, 11) is 0. The Morgan fingerprint density at radius 1 is 1.15 bits per heavy atom. The van der Waals surface area contributed by atoms with Crippen LogP contribution in [0.1, 0.15) is 49.1 Å². The largest absolute Gasteiger partial charge is 0.481 e. The van der Waals surface area contributed by atoms with Gasteiger partial charge in [-0.05, 0) is 78.9 Å². The highest BCUT2D eigenvalue weighted by atomic mass is 16.4. The highest BCUT2D eigenvalue weighted by Gasteiger charge is 2.49. The van der Waals surface area contributed by atoms with Crippen molar-refractivity contribution in [2.75, 3.05) is 0 Å². The zero-order chi connectivity index (χ0) is 13.7. The molecule has 3 nitrogen and oxygen atoms in total. The first-order valence-electron chi connectivity index (χ1n) is 7.85. The maximum absolute atomic E-state index is 11.1. The minimum Gasteiger partial charge on any atom is -0.481 e. The summed E-state index contributed by atoms with van der Waals surface area (Å²) >= 11 is 0. The molecule has 20 heavy (non-hydrogen) atoms. The number of hydrogen-bond acceptors (Lipinski definition) is 2. The number of pyridine rings is 1. The van der Waals surface area contributed by atoms with E-state index in [0.717, 1.165) is 29.2 Å². The molecule has 0 atom stereocenters. The van der Waals surface area contributed by atoms with Crippen molar-refractivity contribution in [2.45, 2.75) is 44.4 Å². The highest BCUT2D eigenvalue weighted by Crippen LogP contribution is 2.60. The zero-order valence-corrected chi connectivity index (χ0v) is 11.7. The Morgan fingerprint density at radius 2 is 1.80 bits per heavy atom. The lowest BCUT2D eigenvalue weighted by Crippen LogP contribution is -2.44. The zero-order valence-electron chi connectivity index (χ0n) is 11.7. The highest BCUT2D eigenvalue weighted by molar-refractivity contribution is 5.70. The van der Waals surface area contributed by atoms with Crippen LogP contribution in [0.2, 0.25) is 0 Å². The van der Waals surface area contributed by atoms with Crippen molar-refractivity contribution in [3.05, 3.63) is 29.6 Å². The predicted molar refractivity (Wildman–Crippen MR) is 75.4 cm³/mol. The number of carboxylic acid groups (broad SMARTS) is 1. The fraction of sp³-hybridized carbons (Fsp3) is 0.647. The summed E-state index contributed by atoms with van der Waals surface area (Å²) in [4.78, 5) is 15.4. The second kappa shape index (κ2) is 4.57. The van der Waals surface area contributed by atoms with E-state index in [1.54, 1.807) is 6.20 Å². The van der Waals surface area contributed by atoms with E-state index in [2.05, 4.69) is 4.98 Å². The predicted octanol–water partition coefficient (Wildman–Crippen LogP) is 3.25. The van der Waals surface area contributed by atoms with Gasteiger partial charge in [-0.15, -0.1) is 0 Å². The normalized spacial score (nSPS) is 38.1. The molecule has 4 saturated carbocycles. The molecule has 4 fully saturated rings. The Hall–Kier alpha value is -1.38. The van der Waals surface area contributed by atoms with E-state index < -0.39 is 5.97 Å². The molecule has 106 valence electrons. The standard InChI is InChI=1S/C17H21NO2/c19-16(20)8-12-1-2-18-9-15(12)17-13-4-10-3-11(6-13)7-14(17)5-10/h1-2,9-11,13-14,17H,3-8H2,(H,19,20). The van der Waals surface area contributed by atoms with Gasteiger partial charge in [0.05, 0.1) is 6.42 Å². The van der Waals surface area contributed by atoms with Gasteiger partial charge >= 0.3 is 5.97 Å². The molecule has 1 N–H and O–H groups in total. The van der Waals surface area contributed by atoms with E-state index in [4.69, 9.17) is 5.11 Å². The molecule has 5 rings (SSSR count). The number of rotatable bonds is 3. The Balaban J connectivity index is 1.69. The van der Waals surface area contributed by atoms with Crippen molar-refractivity contribution in [1.82, 2.24) is 4.98 Å². The van der Waals surface area contributed by atoms with Crippen molar-refractivity contribution in [3.8, 4) is 0 Å². The van der Waals surface area contributed by atoms with E-state index in [9.17, 15) is 4.79 Å². The van der Waals surface area contributed by atoms with Gasteiger partial charge in [0, 0.05) is 12.4 Å². The summed E-state index contributed by atoms with van der Waals surface area (Å²) in [6.45, 7) is 0. The molecule has 0 amide bonds. The average Bonchev–Trinajstić information content (AvgIpc) is 2.38. The smallest absolute Gasteiger partial charge is 0.307 e. The number of hydrogen-bond donors (Lipinski definition) is 1. The lowest BCUT2D eigenvalue weighted by atomic mass is 9.50. The summed E-state index contributed by atoms with van der Waals surface area (Å²) in [6.07, 6.45) is 10.7. The maximum atomic E-state index is 11.1. The molecule has 1 aromatic rings. The Morgan fingerprint density at radius 3 is 2.40 bits per heavy atom. The molecule has 4 aliphatic rings. The van der Waals surface area contributed by atoms with Crippen molar-refractivity contribution < 1.29 is 9.90 Å². The average molecular weight is 271 g/mol. The van der Waals surface area contributed by atoms with Crippen LogP contribution in [0, 0.1) is 23.7 Å². The lowest BCUT2D eigenvalue weighted by molar-refractivity contribution is -0.136. The van der Waals surface area contributed by atoms with Gasteiger partial charge in [0.15, 0.2) is 0 Å². The van der Waals surface area contributed by atoms with Crippen LogP contribution in [0.3, 0.4) is 0 Å². The van der Waals surface area contributed by atoms with Crippen LogP contribution in [0.15, 0.2) is 18.5 Å². The van der Waals surface area contributed by atoms with Crippen molar-refractivity contribution >= 4 is 5.97 Å². The molecule has 1 aromatic heterocycles. The van der Waals surface area contributed by atoms with Gasteiger partial charge in [0.2, 0.25) is 0 Å². The topological polar surface area (TPSA) is 50.2 Å². The number of aromatic nitrogens is 1. The van der Waals surface area contributed by atoms with E-state index in [-0.39, 0.29) is 6.42 Å². The molecule has 4 aliphatic carbocycles. The molecule has 0 aliphatic heterocycles.